The Morgan fingerprint density at radius 3 is 2.16 bits per heavy atom. The molecule has 0 unspecified atom stereocenters. The van der Waals surface area contributed by atoms with E-state index >= 15 is 0 Å². The van der Waals surface area contributed by atoms with Crippen molar-refractivity contribution in [3.05, 3.63) is 99.5 Å². The lowest BCUT2D eigenvalue weighted by Gasteiger charge is -2.05. The topological polar surface area (TPSA) is 69.8 Å². The van der Waals surface area contributed by atoms with Crippen LogP contribution in [-0.4, -0.2) is 15.8 Å². The van der Waals surface area contributed by atoms with Gasteiger partial charge >= 0.3 is 0 Å². The predicted octanol–water partition coefficient (Wildman–Crippen LogP) is 7.65. The van der Waals surface area contributed by atoms with Crippen LogP contribution in [-0.2, 0) is 0 Å². The van der Waals surface area contributed by atoms with Gasteiger partial charge in [0.1, 0.15) is 4.88 Å². The van der Waals surface area contributed by atoms with Crippen molar-refractivity contribution in [1.29, 1.82) is 0 Å². The molecule has 32 heavy (non-hydrogen) atoms. The van der Waals surface area contributed by atoms with Crippen LogP contribution in [0.15, 0.2) is 79.0 Å². The minimum absolute atomic E-state index is 0.111. The lowest BCUT2D eigenvalue weighted by atomic mass is 10.1. The lowest BCUT2D eigenvalue weighted by Crippen LogP contribution is -2.02. The molecule has 0 amide bonds. The number of anilines is 4. The van der Waals surface area contributed by atoms with Crippen molar-refractivity contribution < 1.29 is 4.79 Å². The van der Waals surface area contributed by atoms with Crippen LogP contribution in [0.5, 0.6) is 0 Å². The van der Waals surface area contributed by atoms with Crippen molar-refractivity contribution in [3.63, 3.8) is 0 Å². The van der Waals surface area contributed by atoms with Gasteiger partial charge in [-0.05, 0) is 54.6 Å². The van der Waals surface area contributed by atoms with Crippen LogP contribution < -0.4 is 10.6 Å². The molecule has 0 aliphatic heterocycles. The van der Waals surface area contributed by atoms with Crippen LogP contribution >= 0.6 is 34.5 Å². The van der Waals surface area contributed by atoms with Crippen molar-refractivity contribution in [2.24, 2.45) is 0 Å². The number of fused-ring (bicyclic) bond motifs is 1. The SMILES string of the molecule is O=C(c1sc(Nc2ccc(Cl)cc2)nc1Nc1ccc(Cl)cc1)c1c[nH]c2ccccc12. The molecule has 0 spiro atoms. The highest BCUT2D eigenvalue weighted by atomic mass is 35.5. The number of para-hydroxylation sites is 1. The number of rotatable bonds is 6. The summed E-state index contributed by atoms with van der Waals surface area (Å²) in [7, 11) is 0. The second-order valence-electron chi connectivity index (χ2n) is 7.04. The molecule has 5 rings (SSSR count). The van der Waals surface area contributed by atoms with Crippen LogP contribution in [0.1, 0.15) is 15.2 Å². The molecule has 3 N–H and O–H groups in total. The first kappa shape index (κ1) is 20.6. The van der Waals surface area contributed by atoms with Gasteiger partial charge in [0.05, 0.1) is 0 Å². The van der Waals surface area contributed by atoms with Gasteiger partial charge in [0.2, 0.25) is 5.78 Å². The van der Waals surface area contributed by atoms with Crippen molar-refractivity contribution in [2.45, 2.75) is 0 Å². The quantitative estimate of drug-likeness (QED) is 0.219. The Morgan fingerprint density at radius 2 is 1.47 bits per heavy atom. The van der Waals surface area contributed by atoms with E-state index in [1.165, 1.54) is 11.3 Å². The molecule has 0 aliphatic carbocycles. The Kier molecular flexibility index (Phi) is 5.57. The van der Waals surface area contributed by atoms with Gasteiger partial charge in [-0.2, -0.15) is 0 Å². The number of aromatic nitrogens is 2. The molecule has 3 aromatic carbocycles. The zero-order valence-electron chi connectivity index (χ0n) is 16.5. The van der Waals surface area contributed by atoms with Crippen molar-refractivity contribution in [2.75, 3.05) is 10.6 Å². The highest BCUT2D eigenvalue weighted by Crippen LogP contribution is 2.35. The third kappa shape index (κ3) is 4.21. The number of aromatic amines is 1. The third-order valence-electron chi connectivity index (χ3n) is 4.87. The molecule has 5 nitrogen and oxygen atoms in total. The lowest BCUT2D eigenvalue weighted by molar-refractivity contribution is 0.104. The van der Waals surface area contributed by atoms with Crippen LogP contribution in [0, 0.1) is 0 Å². The Morgan fingerprint density at radius 1 is 0.844 bits per heavy atom. The summed E-state index contributed by atoms with van der Waals surface area (Å²) in [5, 5.41) is 9.25. The molecule has 0 aliphatic rings. The molecule has 0 radical (unpaired) electrons. The number of H-pyrrole nitrogens is 1. The molecule has 0 saturated carbocycles. The van der Waals surface area contributed by atoms with E-state index in [-0.39, 0.29) is 5.78 Å². The van der Waals surface area contributed by atoms with E-state index < -0.39 is 0 Å². The van der Waals surface area contributed by atoms with E-state index in [4.69, 9.17) is 23.2 Å². The van der Waals surface area contributed by atoms with Crippen molar-refractivity contribution in [1.82, 2.24) is 9.97 Å². The minimum Gasteiger partial charge on any atom is -0.360 e. The van der Waals surface area contributed by atoms with Crippen LogP contribution in [0.2, 0.25) is 10.0 Å². The highest BCUT2D eigenvalue weighted by Gasteiger charge is 2.22. The maximum absolute atomic E-state index is 13.5. The summed E-state index contributed by atoms with van der Waals surface area (Å²) in [5.41, 5.74) is 3.12. The van der Waals surface area contributed by atoms with E-state index in [0.717, 1.165) is 22.3 Å². The van der Waals surface area contributed by atoms with Gasteiger partial charge in [0.25, 0.3) is 0 Å². The van der Waals surface area contributed by atoms with Gasteiger partial charge in [-0.1, -0.05) is 52.7 Å². The normalized spacial score (nSPS) is 10.9. The van der Waals surface area contributed by atoms with E-state index in [0.29, 0.717) is 31.4 Å². The summed E-state index contributed by atoms with van der Waals surface area (Å²) in [6.07, 6.45) is 1.74. The number of carbonyl (C=O) groups excluding carboxylic acids is 1. The number of thiazole rings is 1. The Hall–Kier alpha value is -3.32. The van der Waals surface area contributed by atoms with Crippen LogP contribution in [0.25, 0.3) is 10.9 Å². The number of nitrogens with zero attached hydrogens (tertiary/aromatic N) is 1. The monoisotopic (exact) mass is 478 g/mol. The molecule has 0 saturated heterocycles. The molecule has 0 bridgehead atoms. The Labute approximate surface area is 198 Å². The fourth-order valence-electron chi connectivity index (χ4n) is 3.32. The highest BCUT2D eigenvalue weighted by molar-refractivity contribution is 7.18. The first-order valence-electron chi connectivity index (χ1n) is 9.73. The summed E-state index contributed by atoms with van der Waals surface area (Å²) < 4.78 is 0. The third-order valence-corrected chi connectivity index (χ3v) is 6.34. The van der Waals surface area contributed by atoms with Crippen LogP contribution in [0.3, 0.4) is 0 Å². The Bertz CT molecular complexity index is 1410. The van der Waals surface area contributed by atoms with E-state index in [9.17, 15) is 4.79 Å². The first-order chi connectivity index (χ1) is 15.6. The molecular weight excluding hydrogens is 463 g/mol. The van der Waals surface area contributed by atoms with Gasteiger partial charge in [0.15, 0.2) is 10.9 Å². The molecule has 2 aromatic heterocycles. The number of benzene rings is 3. The number of halogens is 2. The van der Waals surface area contributed by atoms with Crippen molar-refractivity contribution >= 4 is 73.5 Å². The zero-order valence-corrected chi connectivity index (χ0v) is 18.9. The van der Waals surface area contributed by atoms with E-state index in [2.05, 4.69) is 20.6 Å². The van der Waals surface area contributed by atoms with Crippen molar-refractivity contribution in [3.8, 4) is 0 Å². The molecule has 0 atom stereocenters. The molecule has 8 heteroatoms. The first-order valence-corrected chi connectivity index (χ1v) is 11.3. The van der Waals surface area contributed by atoms with E-state index in [1.807, 2.05) is 48.5 Å². The van der Waals surface area contributed by atoms with Crippen LogP contribution in [0.4, 0.5) is 22.3 Å². The molecule has 5 aromatic rings. The molecular formula is C24H16Cl2N4OS. The number of ketones is 1. The minimum atomic E-state index is -0.111. The van der Waals surface area contributed by atoms with E-state index in [1.54, 1.807) is 30.5 Å². The summed E-state index contributed by atoms with van der Waals surface area (Å²) in [5.74, 6) is 0.365. The molecule has 0 fully saturated rings. The summed E-state index contributed by atoms with van der Waals surface area (Å²) in [6, 6.07) is 22.3. The largest absolute Gasteiger partial charge is 0.360 e. The molecule has 158 valence electrons. The average Bonchev–Trinajstić information content (AvgIpc) is 3.41. The summed E-state index contributed by atoms with van der Waals surface area (Å²) in [4.78, 5) is 21.9. The smallest absolute Gasteiger partial charge is 0.209 e. The second kappa shape index (κ2) is 8.67. The standard InChI is InChI=1S/C24H16Cl2N4OS/c25-14-5-9-16(10-6-14)28-23-22(21(31)19-13-27-20-4-2-1-3-18(19)20)32-24(30-23)29-17-11-7-15(26)8-12-17/h1-13,27-28H,(H,29,30). The zero-order chi connectivity index (χ0) is 22.1. The predicted molar refractivity (Wildman–Crippen MR) is 133 cm³/mol. The maximum Gasteiger partial charge on any atom is 0.209 e. The number of carbonyl (C=O) groups is 1. The van der Waals surface area contributed by atoms with Gasteiger partial charge in [-0.3, -0.25) is 4.79 Å². The second-order valence-corrected chi connectivity index (χ2v) is 8.91. The number of hydrogen-bond donors (Lipinski definition) is 3. The summed E-state index contributed by atoms with van der Waals surface area (Å²) in [6.45, 7) is 0. The average molecular weight is 479 g/mol. The van der Waals surface area contributed by atoms with Gasteiger partial charge in [-0.25, -0.2) is 4.98 Å². The molecule has 2 heterocycles. The maximum atomic E-state index is 13.5. The number of nitrogens with one attached hydrogen (secondary N) is 3. The fraction of sp³-hybridized carbons (Fsp3) is 0. The summed E-state index contributed by atoms with van der Waals surface area (Å²) >= 11 is 13.3. The van der Waals surface area contributed by atoms with Gasteiger partial charge < -0.3 is 15.6 Å². The van der Waals surface area contributed by atoms with Gasteiger partial charge in [-0.15, -0.1) is 0 Å². The number of hydrogen-bond acceptors (Lipinski definition) is 5. The fourth-order valence-corrected chi connectivity index (χ4v) is 4.47. The Balaban J connectivity index is 1.54. The van der Waals surface area contributed by atoms with Gasteiger partial charge in [0, 0.05) is 44.1 Å².